The zero-order chi connectivity index (χ0) is 18.0. The molecule has 2 aromatic rings. The van der Waals surface area contributed by atoms with Gasteiger partial charge in [0.2, 0.25) is 10.0 Å². The fourth-order valence-corrected chi connectivity index (χ4v) is 4.76. The van der Waals surface area contributed by atoms with Crippen molar-refractivity contribution in [3.05, 3.63) is 53.6 Å². The number of aromatic nitrogens is 1. The van der Waals surface area contributed by atoms with E-state index in [1.165, 1.54) is 16.6 Å². The molecule has 5 nitrogen and oxygen atoms in total. The Morgan fingerprint density at radius 3 is 2.68 bits per heavy atom. The lowest BCUT2D eigenvalue weighted by Gasteiger charge is -2.32. The van der Waals surface area contributed by atoms with Gasteiger partial charge in [-0.15, -0.1) is 0 Å². The van der Waals surface area contributed by atoms with Crippen LogP contribution < -0.4 is 0 Å². The normalized spacial score (nSPS) is 20.1. The van der Waals surface area contributed by atoms with Gasteiger partial charge < -0.3 is 0 Å². The highest BCUT2D eigenvalue weighted by Crippen LogP contribution is 2.26. The quantitative estimate of drug-likeness (QED) is 0.844. The second kappa shape index (κ2) is 6.90. The first-order valence-corrected chi connectivity index (χ1v) is 9.66. The highest BCUT2D eigenvalue weighted by atomic mass is 32.2. The Labute approximate surface area is 146 Å². The molecule has 0 bridgehead atoms. The number of halogens is 1. The third-order valence-electron chi connectivity index (χ3n) is 4.46. The van der Waals surface area contributed by atoms with Crippen LogP contribution in [-0.2, 0) is 16.6 Å². The summed E-state index contributed by atoms with van der Waals surface area (Å²) < 4.78 is 40.4. The molecule has 1 atom stereocenters. The molecule has 7 heteroatoms. The molecule has 0 spiro atoms. The smallest absolute Gasteiger partial charge is 0.214 e. The van der Waals surface area contributed by atoms with Gasteiger partial charge in [0.05, 0.1) is 5.75 Å². The minimum atomic E-state index is -3.33. The van der Waals surface area contributed by atoms with Crippen molar-refractivity contribution in [3.8, 4) is 17.2 Å². The lowest BCUT2D eigenvalue weighted by Crippen LogP contribution is -2.43. The van der Waals surface area contributed by atoms with Crippen molar-refractivity contribution < 1.29 is 12.8 Å². The molecule has 1 aromatic carbocycles. The SMILES string of the molecule is C[C@H]1CCCS(=O)(=O)N1Cc1ccc(-c2ccc(C#N)nc2)cc1F. The van der Waals surface area contributed by atoms with E-state index in [1.54, 1.807) is 24.3 Å². The van der Waals surface area contributed by atoms with E-state index in [4.69, 9.17) is 5.26 Å². The molecular weight excluding hydrogens is 341 g/mol. The molecule has 1 aromatic heterocycles. The van der Waals surface area contributed by atoms with Gasteiger partial charge in [-0.25, -0.2) is 17.8 Å². The molecule has 0 radical (unpaired) electrons. The fraction of sp³-hybridized carbons (Fsp3) is 0.333. The molecule has 130 valence electrons. The van der Waals surface area contributed by atoms with E-state index in [1.807, 2.05) is 13.0 Å². The summed E-state index contributed by atoms with van der Waals surface area (Å²) in [6.07, 6.45) is 2.95. The van der Waals surface area contributed by atoms with Crippen LogP contribution in [0.3, 0.4) is 0 Å². The topological polar surface area (TPSA) is 74.1 Å². The number of nitriles is 1. The van der Waals surface area contributed by atoms with Crippen LogP contribution in [0.2, 0.25) is 0 Å². The molecule has 1 aliphatic rings. The maximum absolute atomic E-state index is 14.5. The Bertz CT molecular complexity index is 920. The van der Waals surface area contributed by atoms with Gasteiger partial charge in [-0.2, -0.15) is 9.57 Å². The second-order valence-electron chi connectivity index (χ2n) is 6.20. The summed E-state index contributed by atoms with van der Waals surface area (Å²) in [7, 11) is -3.33. The predicted octanol–water partition coefficient (Wildman–Crippen LogP) is 3.07. The van der Waals surface area contributed by atoms with E-state index in [0.29, 0.717) is 28.8 Å². The van der Waals surface area contributed by atoms with E-state index in [2.05, 4.69) is 4.98 Å². The average Bonchev–Trinajstić information content (AvgIpc) is 2.59. The number of pyridine rings is 1. The zero-order valence-corrected chi connectivity index (χ0v) is 14.6. The second-order valence-corrected chi connectivity index (χ2v) is 8.24. The van der Waals surface area contributed by atoms with Gasteiger partial charge in [0.1, 0.15) is 17.6 Å². The molecule has 0 saturated carbocycles. The van der Waals surface area contributed by atoms with E-state index >= 15 is 0 Å². The Morgan fingerprint density at radius 1 is 1.32 bits per heavy atom. The van der Waals surface area contributed by atoms with Crippen molar-refractivity contribution in [2.24, 2.45) is 0 Å². The summed E-state index contributed by atoms with van der Waals surface area (Å²) in [6, 6.07) is 9.81. The highest BCUT2D eigenvalue weighted by Gasteiger charge is 2.31. The van der Waals surface area contributed by atoms with E-state index in [9.17, 15) is 12.8 Å². The first-order chi connectivity index (χ1) is 11.9. The fourth-order valence-electron chi connectivity index (χ4n) is 3.00. The minimum Gasteiger partial charge on any atom is -0.245 e. The van der Waals surface area contributed by atoms with E-state index < -0.39 is 15.8 Å². The molecule has 0 N–H and O–H groups in total. The van der Waals surface area contributed by atoms with Crippen molar-refractivity contribution in [2.45, 2.75) is 32.4 Å². The number of hydrogen-bond donors (Lipinski definition) is 0. The van der Waals surface area contributed by atoms with Gasteiger partial charge in [0.25, 0.3) is 0 Å². The van der Waals surface area contributed by atoms with Gasteiger partial charge in [-0.05, 0) is 43.5 Å². The molecule has 1 saturated heterocycles. The van der Waals surface area contributed by atoms with Crippen LogP contribution in [0.25, 0.3) is 11.1 Å². The van der Waals surface area contributed by atoms with Gasteiger partial charge in [0, 0.05) is 29.9 Å². The lowest BCUT2D eigenvalue weighted by atomic mass is 10.0. The van der Waals surface area contributed by atoms with Crippen LogP contribution in [0, 0.1) is 17.1 Å². The number of hydrogen-bond acceptors (Lipinski definition) is 4. The monoisotopic (exact) mass is 359 g/mol. The third-order valence-corrected chi connectivity index (χ3v) is 6.47. The van der Waals surface area contributed by atoms with E-state index in [0.717, 1.165) is 6.42 Å². The number of benzene rings is 1. The van der Waals surface area contributed by atoms with Crippen LogP contribution in [0.1, 0.15) is 31.0 Å². The summed E-state index contributed by atoms with van der Waals surface area (Å²) in [5.74, 6) is -0.330. The first kappa shape index (κ1) is 17.5. The van der Waals surface area contributed by atoms with Crippen molar-refractivity contribution in [1.29, 1.82) is 5.26 Å². The van der Waals surface area contributed by atoms with Gasteiger partial charge >= 0.3 is 0 Å². The number of sulfonamides is 1. The van der Waals surface area contributed by atoms with Crippen molar-refractivity contribution >= 4 is 10.0 Å². The summed E-state index contributed by atoms with van der Waals surface area (Å²) >= 11 is 0. The average molecular weight is 359 g/mol. The molecule has 2 heterocycles. The van der Waals surface area contributed by atoms with Crippen LogP contribution in [0.4, 0.5) is 4.39 Å². The van der Waals surface area contributed by atoms with Crippen LogP contribution >= 0.6 is 0 Å². The maximum atomic E-state index is 14.5. The predicted molar refractivity (Wildman–Crippen MR) is 92.4 cm³/mol. The van der Waals surface area contributed by atoms with E-state index in [-0.39, 0.29) is 18.3 Å². The Balaban J connectivity index is 1.85. The Morgan fingerprint density at radius 2 is 2.08 bits per heavy atom. The molecular formula is C18H18FN3O2S. The van der Waals surface area contributed by atoms with Gasteiger partial charge in [-0.1, -0.05) is 12.1 Å². The molecule has 1 fully saturated rings. The summed E-state index contributed by atoms with van der Waals surface area (Å²) in [5, 5.41) is 8.77. The summed E-state index contributed by atoms with van der Waals surface area (Å²) in [5.41, 5.74) is 1.98. The standard InChI is InChI=1S/C18H18FN3O2S/c1-13-3-2-8-25(23,24)22(13)12-16-5-4-14(9-18(16)19)15-6-7-17(10-20)21-11-15/h4-7,9,11,13H,2-3,8,12H2,1H3/t13-/m0/s1. The van der Waals surface area contributed by atoms with Crippen LogP contribution in [0.5, 0.6) is 0 Å². The molecule has 1 aliphatic heterocycles. The van der Waals surface area contributed by atoms with Gasteiger partial charge in [0.15, 0.2) is 0 Å². The molecule has 3 rings (SSSR count). The minimum absolute atomic E-state index is 0.0429. The zero-order valence-electron chi connectivity index (χ0n) is 13.8. The van der Waals surface area contributed by atoms with Crippen LogP contribution in [-0.4, -0.2) is 29.5 Å². The van der Waals surface area contributed by atoms with Crippen molar-refractivity contribution in [2.75, 3.05) is 5.75 Å². The lowest BCUT2D eigenvalue weighted by molar-refractivity contribution is 0.293. The first-order valence-electron chi connectivity index (χ1n) is 8.05. The molecule has 25 heavy (non-hydrogen) atoms. The number of nitrogens with zero attached hydrogens (tertiary/aromatic N) is 3. The van der Waals surface area contributed by atoms with Gasteiger partial charge in [-0.3, -0.25) is 0 Å². The third kappa shape index (κ3) is 3.70. The largest absolute Gasteiger partial charge is 0.245 e. The summed E-state index contributed by atoms with van der Waals surface area (Å²) in [4.78, 5) is 3.98. The highest BCUT2D eigenvalue weighted by molar-refractivity contribution is 7.89. The number of rotatable bonds is 3. The molecule has 0 aliphatic carbocycles. The summed E-state index contributed by atoms with van der Waals surface area (Å²) in [6.45, 7) is 1.90. The Hall–Kier alpha value is -2.30. The molecule has 0 amide bonds. The maximum Gasteiger partial charge on any atom is 0.214 e. The van der Waals surface area contributed by atoms with Crippen molar-refractivity contribution in [3.63, 3.8) is 0 Å². The Kier molecular flexibility index (Phi) is 4.84. The van der Waals surface area contributed by atoms with Crippen molar-refractivity contribution in [1.82, 2.24) is 9.29 Å². The van der Waals surface area contributed by atoms with Crippen LogP contribution in [0.15, 0.2) is 36.5 Å². The molecule has 0 unspecified atom stereocenters.